The molecule has 0 unspecified atom stereocenters. The number of carbonyl (C=O) groups is 2. The summed E-state index contributed by atoms with van der Waals surface area (Å²) in [5, 5.41) is 2.93. The van der Waals surface area contributed by atoms with Gasteiger partial charge in [0, 0.05) is 18.7 Å². The quantitative estimate of drug-likeness (QED) is 0.550. The maximum atomic E-state index is 12.7. The Balaban J connectivity index is 1.61. The van der Waals surface area contributed by atoms with E-state index in [1.807, 2.05) is 68.5 Å². The number of benzene rings is 2. The topological polar surface area (TPSA) is 49.4 Å². The molecule has 3 rings (SSSR count). The van der Waals surface area contributed by atoms with E-state index < -0.39 is 0 Å². The van der Waals surface area contributed by atoms with Crippen molar-refractivity contribution in [3.8, 4) is 0 Å². The minimum absolute atomic E-state index is 0.127. The highest BCUT2D eigenvalue weighted by Gasteiger charge is 2.32. The van der Waals surface area contributed by atoms with Crippen molar-refractivity contribution in [3.63, 3.8) is 0 Å². The summed E-state index contributed by atoms with van der Waals surface area (Å²) in [6.07, 6.45) is 2.88. The van der Waals surface area contributed by atoms with E-state index in [1.54, 1.807) is 0 Å². The molecule has 0 saturated carbocycles. The number of aryl methyl sites for hydroxylation is 2. The lowest BCUT2D eigenvalue weighted by molar-refractivity contribution is -0.122. The number of thiocarbonyl (C=S) groups is 1. The van der Waals surface area contributed by atoms with Gasteiger partial charge in [0.15, 0.2) is 0 Å². The highest BCUT2D eigenvalue weighted by molar-refractivity contribution is 8.26. The number of para-hydroxylation sites is 1. The van der Waals surface area contributed by atoms with Gasteiger partial charge in [-0.3, -0.25) is 14.5 Å². The smallest absolute Gasteiger partial charge is 0.266 e. The number of amides is 2. The Hall–Kier alpha value is -2.44. The van der Waals surface area contributed by atoms with Crippen molar-refractivity contribution in [1.29, 1.82) is 0 Å². The average molecular weight is 411 g/mol. The van der Waals surface area contributed by atoms with Gasteiger partial charge in [-0.2, -0.15) is 0 Å². The number of anilines is 1. The van der Waals surface area contributed by atoms with Crippen LogP contribution < -0.4 is 5.32 Å². The fourth-order valence-corrected chi connectivity index (χ4v) is 4.19. The molecular formula is C22H22N2O2S2. The van der Waals surface area contributed by atoms with Gasteiger partial charge in [-0.1, -0.05) is 78.9 Å². The fourth-order valence-electron chi connectivity index (χ4n) is 2.88. The Morgan fingerprint density at radius 1 is 1.18 bits per heavy atom. The van der Waals surface area contributed by atoms with Gasteiger partial charge in [0.2, 0.25) is 5.91 Å². The molecular weight excluding hydrogens is 388 g/mol. The van der Waals surface area contributed by atoms with Crippen molar-refractivity contribution < 1.29 is 9.59 Å². The Morgan fingerprint density at radius 3 is 2.61 bits per heavy atom. The van der Waals surface area contributed by atoms with Crippen LogP contribution in [0.3, 0.4) is 0 Å². The lowest BCUT2D eigenvalue weighted by Crippen LogP contribution is -2.31. The minimum Gasteiger partial charge on any atom is -0.326 e. The molecule has 6 heteroatoms. The van der Waals surface area contributed by atoms with Crippen molar-refractivity contribution >= 4 is 51.9 Å². The molecule has 4 nitrogen and oxygen atoms in total. The van der Waals surface area contributed by atoms with Gasteiger partial charge in [0.25, 0.3) is 5.91 Å². The molecule has 1 aliphatic heterocycles. The van der Waals surface area contributed by atoms with Gasteiger partial charge < -0.3 is 5.32 Å². The van der Waals surface area contributed by atoms with Crippen LogP contribution in [0, 0.1) is 6.92 Å². The zero-order valence-corrected chi connectivity index (χ0v) is 17.5. The van der Waals surface area contributed by atoms with Gasteiger partial charge in [-0.25, -0.2) is 0 Å². The van der Waals surface area contributed by atoms with Crippen LogP contribution in [0.1, 0.15) is 30.0 Å². The first-order chi connectivity index (χ1) is 13.5. The molecule has 1 N–H and O–H groups in total. The van der Waals surface area contributed by atoms with Crippen molar-refractivity contribution in [2.24, 2.45) is 0 Å². The zero-order chi connectivity index (χ0) is 20.1. The second kappa shape index (κ2) is 9.17. The third-order valence-corrected chi connectivity index (χ3v) is 5.86. The lowest BCUT2D eigenvalue weighted by Gasteiger charge is -2.15. The molecule has 2 aromatic rings. The molecule has 0 atom stereocenters. The van der Waals surface area contributed by atoms with Crippen LogP contribution in [0.25, 0.3) is 6.08 Å². The third-order valence-electron chi connectivity index (χ3n) is 4.48. The number of hydrogen-bond acceptors (Lipinski definition) is 4. The van der Waals surface area contributed by atoms with Gasteiger partial charge in [-0.05, 0) is 36.6 Å². The Kier molecular flexibility index (Phi) is 6.65. The number of rotatable bonds is 6. The number of hydrogen-bond donors (Lipinski definition) is 1. The zero-order valence-electron chi connectivity index (χ0n) is 15.9. The third kappa shape index (κ3) is 4.88. The summed E-state index contributed by atoms with van der Waals surface area (Å²) < 4.78 is 0.491. The van der Waals surface area contributed by atoms with Crippen LogP contribution in [0.2, 0.25) is 0 Å². The SMILES string of the molecule is CCc1ccccc1NC(=O)CCN1C(=O)/C(=C\c2ccc(C)cc2)SC1=S. The summed E-state index contributed by atoms with van der Waals surface area (Å²) in [7, 11) is 0. The van der Waals surface area contributed by atoms with E-state index in [-0.39, 0.29) is 24.8 Å². The van der Waals surface area contributed by atoms with Gasteiger partial charge in [-0.15, -0.1) is 0 Å². The molecule has 1 saturated heterocycles. The average Bonchev–Trinajstić information content (AvgIpc) is 2.95. The van der Waals surface area contributed by atoms with Crippen LogP contribution in [-0.4, -0.2) is 27.6 Å². The second-order valence-electron chi connectivity index (χ2n) is 6.55. The minimum atomic E-state index is -0.141. The van der Waals surface area contributed by atoms with E-state index >= 15 is 0 Å². The van der Waals surface area contributed by atoms with E-state index in [0.717, 1.165) is 23.2 Å². The van der Waals surface area contributed by atoms with E-state index in [9.17, 15) is 9.59 Å². The summed E-state index contributed by atoms with van der Waals surface area (Å²) in [5.41, 5.74) is 4.03. The van der Waals surface area contributed by atoms with Crippen LogP contribution >= 0.6 is 24.0 Å². The van der Waals surface area contributed by atoms with Gasteiger partial charge in [0.1, 0.15) is 4.32 Å². The van der Waals surface area contributed by atoms with E-state index in [0.29, 0.717) is 9.23 Å². The highest BCUT2D eigenvalue weighted by Crippen LogP contribution is 2.32. The summed E-state index contributed by atoms with van der Waals surface area (Å²) in [5.74, 6) is -0.269. The Bertz CT molecular complexity index is 936. The number of nitrogens with zero attached hydrogens (tertiary/aromatic N) is 1. The first-order valence-corrected chi connectivity index (χ1v) is 10.4. The molecule has 28 heavy (non-hydrogen) atoms. The summed E-state index contributed by atoms with van der Waals surface area (Å²) in [6, 6.07) is 15.7. The Labute approximate surface area is 175 Å². The maximum Gasteiger partial charge on any atom is 0.266 e. The van der Waals surface area contributed by atoms with Crippen LogP contribution in [-0.2, 0) is 16.0 Å². The Morgan fingerprint density at radius 2 is 1.89 bits per heavy atom. The standard InChI is InChI=1S/C22H22N2O2S2/c1-3-17-6-4-5-7-18(17)23-20(25)12-13-24-21(26)19(28-22(24)27)14-16-10-8-15(2)9-11-16/h4-11,14H,3,12-13H2,1-2H3,(H,23,25)/b19-14+. The number of thioether (sulfide) groups is 1. The molecule has 144 valence electrons. The number of carbonyl (C=O) groups excluding carboxylic acids is 2. The summed E-state index contributed by atoms with van der Waals surface area (Å²) >= 11 is 6.63. The van der Waals surface area contributed by atoms with E-state index in [2.05, 4.69) is 5.32 Å². The predicted octanol–water partition coefficient (Wildman–Crippen LogP) is 4.79. The fraction of sp³-hybridized carbons (Fsp3) is 0.227. The molecule has 0 aromatic heterocycles. The normalized spacial score (nSPS) is 15.4. The summed E-state index contributed by atoms with van der Waals surface area (Å²) in [6.45, 7) is 4.34. The molecule has 0 radical (unpaired) electrons. The second-order valence-corrected chi connectivity index (χ2v) is 8.23. The number of nitrogens with one attached hydrogen (secondary N) is 1. The van der Waals surface area contributed by atoms with Crippen LogP contribution in [0.4, 0.5) is 5.69 Å². The molecule has 2 amide bonds. The van der Waals surface area contributed by atoms with Gasteiger partial charge >= 0.3 is 0 Å². The van der Waals surface area contributed by atoms with Crippen molar-refractivity contribution in [3.05, 3.63) is 70.1 Å². The largest absolute Gasteiger partial charge is 0.326 e. The first-order valence-electron chi connectivity index (χ1n) is 9.17. The molecule has 0 aliphatic carbocycles. The van der Waals surface area contributed by atoms with Crippen molar-refractivity contribution in [2.75, 3.05) is 11.9 Å². The first kappa shape index (κ1) is 20.3. The summed E-state index contributed by atoms with van der Waals surface area (Å²) in [4.78, 5) is 27.1. The van der Waals surface area contributed by atoms with Crippen LogP contribution in [0.5, 0.6) is 0 Å². The molecule has 1 fully saturated rings. The highest BCUT2D eigenvalue weighted by atomic mass is 32.2. The van der Waals surface area contributed by atoms with Crippen molar-refractivity contribution in [2.45, 2.75) is 26.7 Å². The van der Waals surface area contributed by atoms with Crippen LogP contribution in [0.15, 0.2) is 53.4 Å². The molecule has 1 heterocycles. The molecule has 2 aromatic carbocycles. The van der Waals surface area contributed by atoms with Gasteiger partial charge in [0.05, 0.1) is 4.91 Å². The van der Waals surface area contributed by atoms with E-state index in [1.165, 1.54) is 22.2 Å². The van der Waals surface area contributed by atoms with E-state index in [4.69, 9.17) is 12.2 Å². The lowest BCUT2D eigenvalue weighted by atomic mass is 10.1. The molecule has 1 aliphatic rings. The van der Waals surface area contributed by atoms with Crippen molar-refractivity contribution in [1.82, 2.24) is 4.90 Å². The molecule has 0 spiro atoms. The maximum absolute atomic E-state index is 12.7. The molecule has 0 bridgehead atoms. The predicted molar refractivity (Wildman–Crippen MR) is 120 cm³/mol. The monoisotopic (exact) mass is 410 g/mol.